The molecule has 2 N–H and O–H groups in total. The highest BCUT2D eigenvalue weighted by Gasteiger charge is 2.52. The first-order chi connectivity index (χ1) is 9.07. The van der Waals surface area contributed by atoms with E-state index in [0.717, 1.165) is 13.0 Å². The zero-order chi connectivity index (χ0) is 15.3. The van der Waals surface area contributed by atoms with Crippen LogP contribution >= 0.6 is 0 Å². The SMILES string of the molecule is CC(C)n1c(C(C)(N)C(F)(F)F)nc2c(F)cccc21. The number of aromatic nitrogens is 2. The van der Waals surface area contributed by atoms with Crippen molar-refractivity contribution in [3.05, 3.63) is 29.8 Å². The molecule has 0 saturated heterocycles. The summed E-state index contributed by atoms with van der Waals surface area (Å²) in [6.07, 6.45) is -4.68. The Bertz CT molecular complexity index is 641. The number of hydrogen-bond acceptors (Lipinski definition) is 2. The van der Waals surface area contributed by atoms with Gasteiger partial charge in [-0.1, -0.05) is 6.07 Å². The molecule has 3 nitrogen and oxygen atoms in total. The Balaban J connectivity index is 2.83. The minimum atomic E-state index is -4.68. The number of nitrogens with zero attached hydrogens (tertiary/aromatic N) is 2. The third kappa shape index (κ3) is 2.06. The molecule has 0 spiro atoms. The predicted molar refractivity (Wildman–Crippen MR) is 67.7 cm³/mol. The van der Waals surface area contributed by atoms with Crippen molar-refractivity contribution in [2.24, 2.45) is 5.73 Å². The van der Waals surface area contributed by atoms with E-state index in [9.17, 15) is 17.6 Å². The minimum absolute atomic E-state index is 0.0999. The highest BCUT2D eigenvalue weighted by molar-refractivity contribution is 5.77. The number of imidazole rings is 1. The van der Waals surface area contributed by atoms with Crippen LogP contribution in [0.2, 0.25) is 0 Å². The van der Waals surface area contributed by atoms with Crippen molar-refractivity contribution >= 4 is 11.0 Å². The number of rotatable bonds is 2. The third-order valence-corrected chi connectivity index (χ3v) is 3.24. The van der Waals surface area contributed by atoms with Crippen LogP contribution in [0.1, 0.15) is 32.6 Å². The maximum atomic E-state index is 13.7. The van der Waals surface area contributed by atoms with Crippen LogP contribution in [-0.2, 0) is 5.54 Å². The molecule has 0 aliphatic carbocycles. The van der Waals surface area contributed by atoms with Gasteiger partial charge in [0.15, 0.2) is 11.4 Å². The number of nitrogens with two attached hydrogens (primary N) is 1. The summed E-state index contributed by atoms with van der Waals surface area (Å²) < 4.78 is 54.4. The van der Waals surface area contributed by atoms with Crippen molar-refractivity contribution in [2.75, 3.05) is 0 Å². The molecule has 0 saturated carbocycles. The molecule has 0 aliphatic rings. The van der Waals surface area contributed by atoms with E-state index in [-0.39, 0.29) is 17.4 Å². The summed E-state index contributed by atoms with van der Waals surface area (Å²) in [5.74, 6) is -1.05. The van der Waals surface area contributed by atoms with E-state index in [2.05, 4.69) is 4.98 Å². The van der Waals surface area contributed by atoms with Gasteiger partial charge in [-0.05, 0) is 32.9 Å². The fourth-order valence-electron chi connectivity index (χ4n) is 2.10. The lowest BCUT2D eigenvalue weighted by molar-refractivity contribution is -0.187. The van der Waals surface area contributed by atoms with Gasteiger partial charge in [0.25, 0.3) is 0 Å². The molecule has 1 aromatic carbocycles. The molecule has 110 valence electrons. The zero-order valence-corrected chi connectivity index (χ0v) is 11.3. The lowest BCUT2D eigenvalue weighted by Gasteiger charge is -2.28. The number of alkyl halides is 3. The van der Waals surface area contributed by atoms with Gasteiger partial charge in [-0.3, -0.25) is 0 Å². The fraction of sp³-hybridized carbons (Fsp3) is 0.462. The van der Waals surface area contributed by atoms with E-state index < -0.39 is 17.5 Å². The van der Waals surface area contributed by atoms with Gasteiger partial charge in [-0.25, -0.2) is 9.37 Å². The largest absolute Gasteiger partial charge is 0.413 e. The summed E-state index contributed by atoms with van der Waals surface area (Å²) in [5.41, 5.74) is 2.99. The molecule has 1 atom stereocenters. The standard InChI is InChI=1S/C13H15F4N3/c1-7(2)20-9-6-4-5-8(14)10(9)19-11(20)12(3,18)13(15,16)17/h4-7H,18H2,1-3H3. The Kier molecular flexibility index (Phi) is 3.28. The maximum Gasteiger partial charge on any atom is 0.413 e. The highest BCUT2D eigenvalue weighted by atomic mass is 19.4. The number of halogens is 4. The monoisotopic (exact) mass is 289 g/mol. The molecule has 2 rings (SSSR count). The lowest BCUT2D eigenvalue weighted by Crippen LogP contribution is -2.49. The van der Waals surface area contributed by atoms with E-state index in [4.69, 9.17) is 5.73 Å². The Labute approximate surface area is 113 Å². The van der Waals surface area contributed by atoms with Crippen LogP contribution in [0.5, 0.6) is 0 Å². The van der Waals surface area contributed by atoms with Crippen molar-refractivity contribution < 1.29 is 17.6 Å². The highest BCUT2D eigenvalue weighted by Crippen LogP contribution is 2.38. The summed E-state index contributed by atoms with van der Waals surface area (Å²) in [4.78, 5) is 3.81. The third-order valence-electron chi connectivity index (χ3n) is 3.24. The Morgan fingerprint density at radius 1 is 1.25 bits per heavy atom. The molecular weight excluding hydrogens is 274 g/mol. The molecular formula is C13H15F4N3. The average molecular weight is 289 g/mol. The normalized spacial score (nSPS) is 15.8. The molecule has 0 aliphatic heterocycles. The van der Waals surface area contributed by atoms with Gasteiger partial charge in [0.05, 0.1) is 5.52 Å². The molecule has 2 aromatic rings. The summed E-state index contributed by atoms with van der Waals surface area (Å²) in [6.45, 7) is 4.23. The van der Waals surface area contributed by atoms with Crippen LogP contribution in [0.15, 0.2) is 18.2 Å². The van der Waals surface area contributed by atoms with Crippen LogP contribution in [-0.4, -0.2) is 15.7 Å². The second-order valence-electron chi connectivity index (χ2n) is 5.21. The first kappa shape index (κ1) is 14.8. The number of para-hydroxylation sites is 1. The second kappa shape index (κ2) is 4.44. The van der Waals surface area contributed by atoms with Crippen LogP contribution in [0.4, 0.5) is 17.6 Å². The van der Waals surface area contributed by atoms with E-state index in [1.807, 2.05) is 0 Å². The van der Waals surface area contributed by atoms with Gasteiger partial charge < -0.3 is 10.3 Å². The van der Waals surface area contributed by atoms with Crippen molar-refractivity contribution in [3.8, 4) is 0 Å². The molecule has 7 heteroatoms. The molecule has 0 radical (unpaired) electrons. The van der Waals surface area contributed by atoms with E-state index >= 15 is 0 Å². The van der Waals surface area contributed by atoms with Gasteiger partial charge in [-0.15, -0.1) is 0 Å². The van der Waals surface area contributed by atoms with Crippen molar-refractivity contribution in [2.45, 2.75) is 38.5 Å². The molecule has 0 fully saturated rings. The summed E-state index contributed by atoms with van der Waals surface area (Å²) in [5, 5.41) is 0. The van der Waals surface area contributed by atoms with Crippen LogP contribution in [0.3, 0.4) is 0 Å². The first-order valence-corrected chi connectivity index (χ1v) is 6.10. The molecule has 1 unspecified atom stereocenters. The van der Waals surface area contributed by atoms with Crippen LogP contribution in [0.25, 0.3) is 11.0 Å². The predicted octanol–water partition coefficient (Wildman–Crippen LogP) is 3.49. The summed E-state index contributed by atoms with van der Waals surface area (Å²) in [7, 11) is 0. The topological polar surface area (TPSA) is 43.8 Å². The number of benzene rings is 1. The number of hydrogen-bond donors (Lipinski definition) is 1. The van der Waals surface area contributed by atoms with Crippen molar-refractivity contribution in [1.29, 1.82) is 0 Å². The van der Waals surface area contributed by atoms with Crippen molar-refractivity contribution in [3.63, 3.8) is 0 Å². The zero-order valence-electron chi connectivity index (χ0n) is 11.3. The lowest BCUT2D eigenvalue weighted by atomic mass is 10.0. The van der Waals surface area contributed by atoms with Crippen LogP contribution in [0, 0.1) is 5.82 Å². The van der Waals surface area contributed by atoms with E-state index in [0.29, 0.717) is 5.52 Å². The first-order valence-electron chi connectivity index (χ1n) is 6.10. The van der Waals surface area contributed by atoms with Crippen LogP contribution < -0.4 is 5.73 Å². The summed E-state index contributed by atoms with van der Waals surface area (Å²) in [6, 6.07) is 3.79. The van der Waals surface area contributed by atoms with E-state index in [1.165, 1.54) is 16.7 Å². The second-order valence-corrected chi connectivity index (χ2v) is 5.21. The molecule has 1 heterocycles. The quantitative estimate of drug-likeness (QED) is 0.860. The van der Waals surface area contributed by atoms with Gasteiger partial charge >= 0.3 is 6.18 Å². The minimum Gasteiger partial charge on any atom is -0.323 e. The Hall–Kier alpha value is -1.63. The van der Waals surface area contributed by atoms with Gasteiger partial charge in [0.1, 0.15) is 11.3 Å². The van der Waals surface area contributed by atoms with Gasteiger partial charge in [0, 0.05) is 6.04 Å². The van der Waals surface area contributed by atoms with Crippen molar-refractivity contribution in [1.82, 2.24) is 9.55 Å². The Morgan fingerprint density at radius 2 is 1.85 bits per heavy atom. The Morgan fingerprint density at radius 3 is 2.35 bits per heavy atom. The average Bonchev–Trinajstić information content (AvgIpc) is 2.68. The van der Waals surface area contributed by atoms with Gasteiger partial charge in [0.2, 0.25) is 0 Å². The summed E-state index contributed by atoms with van der Waals surface area (Å²) >= 11 is 0. The fourth-order valence-corrected chi connectivity index (χ4v) is 2.10. The van der Waals surface area contributed by atoms with Gasteiger partial charge in [-0.2, -0.15) is 13.2 Å². The molecule has 0 amide bonds. The van der Waals surface area contributed by atoms with E-state index in [1.54, 1.807) is 13.8 Å². The molecule has 20 heavy (non-hydrogen) atoms. The molecule has 1 aromatic heterocycles. The maximum absolute atomic E-state index is 13.7. The molecule has 0 bridgehead atoms. The smallest absolute Gasteiger partial charge is 0.323 e. The number of fused-ring (bicyclic) bond motifs is 1.